The molecule has 1 aromatic rings. The van der Waals surface area contributed by atoms with Crippen LogP contribution in [-0.2, 0) is 4.79 Å². The molecule has 14 heavy (non-hydrogen) atoms. The van der Waals surface area contributed by atoms with Crippen LogP contribution >= 0.6 is 11.6 Å². The van der Waals surface area contributed by atoms with E-state index in [1.807, 2.05) is 12.1 Å². The molecule has 2 N–H and O–H groups in total. The highest BCUT2D eigenvalue weighted by Crippen LogP contribution is 2.16. The zero-order valence-electron chi connectivity index (χ0n) is 7.59. The van der Waals surface area contributed by atoms with E-state index in [-0.39, 0.29) is 11.8 Å². The van der Waals surface area contributed by atoms with Crippen molar-refractivity contribution in [2.24, 2.45) is 5.92 Å². The summed E-state index contributed by atoms with van der Waals surface area (Å²) in [6.07, 6.45) is 0. The first-order chi connectivity index (χ1) is 6.75. The first-order valence-electron chi connectivity index (χ1n) is 4.53. The van der Waals surface area contributed by atoms with E-state index >= 15 is 0 Å². The summed E-state index contributed by atoms with van der Waals surface area (Å²) in [7, 11) is 0. The van der Waals surface area contributed by atoms with Crippen molar-refractivity contribution in [1.29, 1.82) is 0 Å². The summed E-state index contributed by atoms with van der Waals surface area (Å²) in [4.78, 5) is 11.5. The molecule has 0 radical (unpaired) electrons. The van der Waals surface area contributed by atoms with E-state index in [4.69, 9.17) is 11.6 Å². The molecule has 0 saturated carbocycles. The SMILES string of the molecule is O=C(Nc1cccc(Cl)c1)C1CNC1. The lowest BCUT2D eigenvalue weighted by atomic mass is 10.0. The van der Waals surface area contributed by atoms with Crippen LogP contribution in [0.4, 0.5) is 5.69 Å². The predicted molar refractivity (Wildman–Crippen MR) is 56.4 cm³/mol. The standard InChI is InChI=1S/C10H11ClN2O/c11-8-2-1-3-9(4-8)13-10(14)7-5-12-6-7/h1-4,7,12H,5-6H2,(H,13,14). The van der Waals surface area contributed by atoms with Crippen molar-refractivity contribution in [3.63, 3.8) is 0 Å². The van der Waals surface area contributed by atoms with Crippen LogP contribution in [0.15, 0.2) is 24.3 Å². The zero-order chi connectivity index (χ0) is 9.97. The monoisotopic (exact) mass is 210 g/mol. The molecule has 0 bridgehead atoms. The molecule has 1 aliphatic heterocycles. The first kappa shape index (κ1) is 9.49. The number of hydrogen-bond donors (Lipinski definition) is 2. The van der Waals surface area contributed by atoms with Crippen LogP contribution < -0.4 is 10.6 Å². The molecule has 1 heterocycles. The third-order valence-electron chi connectivity index (χ3n) is 2.24. The summed E-state index contributed by atoms with van der Waals surface area (Å²) in [5, 5.41) is 6.51. The number of anilines is 1. The Labute approximate surface area is 87.4 Å². The molecule has 0 atom stereocenters. The second-order valence-electron chi connectivity index (χ2n) is 3.35. The van der Waals surface area contributed by atoms with Gasteiger partial charge in [0.25, 0.3) is 0 Å². The van der Waals surface area contributed by atoms with Crippen molar-refractivity contribution in [3.8, 4) is 0 Å². The van der Waals surface area contributed by atoms with Crippen LogP contribution in [0.25, 0.3) is 0 Å². The van der Waals surface area contributed by atoms with Crippen molar-refractivity contribution in [3.05, 3.63) is 29.3 Å². The van der Waals surface area contributed by atoms with Gasteiger partial charge in [0.05, 0.1) is 5.92 Å². The van der Waals surface area contributed by atoms with Gasteiger partial charge in [-0.15, -0.1) is 0 Å². The van der Waals surface area contributed by atoms with Gasteiger partial charge in [-0.2, -0.15) is 0 Å². The van der Waals surface area contributed by atoms with Crippen LogP contribution in [0.2, 0.25) is 5.02 Å². The molecular formula is C10H11ClN2O. The molecule has 3 nitrogen and oxygen atoms in total. The van der Waals surface area contributed by atoms with Crippen LogP contribution in [0.3, 0.4) is 0 Å². The van der Waals surface area contributed by atoms with Crippen LogP contribution in [0, 0.1) is 5.92 Å². The summed E-state index contributed by atoms with van der Waals surface area (Å²) in [5.41, 5.74) is 0.759. The molecule has 0 unspecified atom stereocenters. The quantitative estimate of drug-likeness (QED) is 0.777. The molecule has 1 amide bonds. The minimum atomic E-state index is 0.0611. The molecule has 0 aliphatic carbocycles. The molecule has 1 fully saturated rings. The third-order valence-corrected chi connectivity index (χ3v) is 2.48. The highest BCUT2D eigenvalue weighted by Gasteiger charge is 2.24. The molecule has 4 heteroatoms. The van der Waals surface area contributed by atoms with Crippen molar-refractivity contribution < 1.29 is 4.79 Å². The van der Waals surface area contributed by atoms with Gasteiger partial charge in [0, 0.05) is 23.8 Å². The van der Waals surface area contributed by atoms with E-state index in [2.05, 4.69) is 10.6 Å². The van der Waals surface area contributed by atoms with Gasteiger partial charge in [0.2, 0.25) is 5.91 Å². The molecule has 2 rings (SSSR count). The lowest BCUT2D eigenvalue weighted by molar-refractivity contribution is -0.121. The number of rotatable bonds is 2. The van der Waals surface area contributed by atoms with Crippen molar-refractivity contribution in [2.45, 2.75) is 0 Å². The van der Waals surface area contributed by atoms with Crippen molar-refractivity contribution >= 4 is 23.2 Å². The predicted octanol–water partition coefficient (Wildman–Crippen LogP) is 1.50. The first-order valence-corrected chi connectivity index (χ1v) is 4.90. The highest BCUT2D eigenvalue weighted by molar-refractivity contribution is 6.30. The van der Waals surface area contributed by atoms with Crippen molar-refractivity contribution in [2.75, 3.05) is 18.4 Å². The number of amides is 1. The summed E-state index contributed by atoms with van der Waals surface area (Å²) in [6, 6.07) is 7.17. The topological polar surface area (TPSA) is 41.1 Å². The zero-order valence-corrected chi connectivity index (χ0v) is 8.34. The maximum atomic E-state index is 11.5. The maximum Gasteiger partial charge on any atom is 0.230 e. The molecule has 1 aromatic carbocycles. The lowest BCUT2D eigenvalue weighted by Crippen LogP contribution is -2.48. The second kappa shape index (κ2) is 3.98. The Hall–Kier alpha value is -1.06. The van der Waals surface area contributed by atoms with Gasteiger partial charge in [-0.25, -0.2) is 0 Å². The Morgan fingerprint density at radius 2 is 2.29 bits per heavy atom. The van der Waals surface area contributed by atoms with Crippen LogP contribution in [0.1, 0.15) is 0 Å². The number of hydrogen-bond acceptors (Lipinski definition) is 2. The summed E-state index contributed by atoms with van der Waals surface area (Å²) in [5.74, 6) is 0.167. The molecule has 0 aromatic heterocycles. The lowest BCUT2D eigenvalue weighted by Gasteiger charge is -2.25. The number of carbonyl (C=O) groups is 1. The number of nitrogens with one attached hydrogen (secondary N) is 2. The van der Waals surface area contributed by atoms with Gasteiger partial charge in [-0.1, -0.05) is 17.7 Å². The van der Waals surface area contributed by atoms with Crippen molar-refractivity contribution in [1.82, 2.24) is 5.32 Å². The van der Waals surface area contributed by atoms with Gasteiger partial charge < -0.3 is 10.6 Å². The minimum Gasteiger partial charge on any atom is -0.326 e. The van der Waals surface area contributed by atoms with Gasteiger partial charge in [0.1, 0.15) is 0 Å². The van der Waals surface area contributed by atoms with E-state index in [1.165, 1.54) is 0 Å². The summed E-state index contributed by atoms with van der Waals surface area (Å²) in [6.45, 7) is 1.54. The Morgan fingerprint density at radius 1 is 1.50 bits per heavy atom. The van der Waals surface area contributed by atoms with Gasteiger partial charge >= 0.3 is 0 Å². The van der Waals surface area contributed by atoms with E-state index in [9.17, 15) is 4.79 Å². The third kappa shape index (κ3) is 2.05. The minimum absolute atomic E-state index is 0.0611. The Morgan fingerprint density at radius 3 is 2.86 bits per heavy atom. The normalized spacial score (nSPS) is 16.1. The fourth-order valence-electron chi connectivity index (χ4n) is 1.28. The fraction of sp³-hybridized carbons (Fsp3) is 0.300. The Balaban J connectivity index is 1.99. The Kier molecular flexibility index (Phi) is 2.70. The largest absolute Gasteiger partial charge is 0.326 e. The second-order valence-corrected chi connectivity index (χ2v) is 3.79. The average molecular weight is 211 g/mol. The van der Waals surface area contributed by atoms with E-state index < -0.39 is 0 Å². The molecule has 74 valence electrons. The molecule has 1 aliphatic rings. The number of benzene rings is 1. The van der Waals surface area contributed by atoms with E-state index in [0.717, 1.165) is 18.8 Å². The van der Waals surface area contributed by atoms with Gasteiger partial charge in [-0.3, -0.25) is 4.79 Å². The number of halogens is 1. The molecule has 0 spiro atoms. The Bertz CT molecular complexity index is 350. The smallest absolute Gasteiger partial charge is 0.230 e. The number of carbonyl (C=O) groups excluding carboxylic acids is 1. The summed E-state index contributed by atoms with van der Waals surface area (Å²) >= 11 is 5.79. The summed E-state index contributed by atoms with van der Waals surface area (Å²) < 4.78 is 0. The van der Waals surface area contributed by atoms with Crippen LogP contribution in [-0.4, -0.2) is 19.0 Å². The van der Waals surface area contributed by atoms with Gasteiger partial charge in [-0.05, 0) is 18.2 Å². The van der Waals surface area contributed by atoms with Crippen LogP contribution in [0.5, 0.6) is 0 Å². The molecule has 1 saturated heterocycles. The highest BCUT2D eigenvalue weighted by atomic mass is 35.5. The average Bonchev–Trinajstić information content (AvgIpc) is 1.99. The molecular weight excluding hydrogens is 200 g/mol. The maximum absolute atomic E-state index is 11.5. The van der Waals surface area contributed by atoms with E-state index in [1.54, 1.807) is 12.1 Å². The van der Waals surface area contributed by atoms with E-state index in [0.29, 0.717) is 5.02 Å². The van der Waals surface area contributed by atoms with Gasteiger partial charge in [0.15, 0.2) is 0 Å². The fourth-order valence-corrected chi connectivity index (χ4v) is 1.47.